The zero-order chi connectivity index (χ0) is 24.6. The average molecular weight is 487 g/mol. The maximum atomic E-state index is 13.6. The van der Waals surface area contributed by atoms with E-state index in [1.165, 1.54) is 17.2 Å². The van der Waals surface area contributed by atoms with Crippen molar-refractivity contribution in [2.24, 2.45) is 5.92 Å². The molecule has 0 spiro atoms. The number of anilines is 1. The molecule has 1 atom stereocenters. The van der Waals surface area contributed by atoms with Gasteiger partial charge in [0.1, 0.15) is 5.82 Å². The molecule has 186 valence electrons. The van der Waals surface area contributed by atoms with Crippen molar-refractivity contribution in [2.45, 2.75) is 57.7 Å². The number of piperidine rings is 1. The standard InChI is InChI=1S/C25H29F3N6O/c1-2-13-33(20-8-7-17-5-3-4-6-19(17)16-20)23(35)18-11-14-32(15-12-18)22-10-9-21-29-30-24(25(26,27)28)34(21)31-22/h3-6,9-10,18,20H,2,7-8,11-16H2,1H3. The summed E-state index contributed by atoms with van der Waals surface area (Å²) in [5, 5.41) is 11.0. The number of benzene rings is 1. The van der Waals surface area contributed by atoms with Crippen molar-refractivity contribution in [3.63, 3.8) is 0 Å². The van der Waals surface area contributed by atoms with E-state index in [1.807, 2.05) is 4.90 Å². The van der Waals surface area contributed by atoms with Crippen LogP contribution in [-0.4, -0.2) is 56.3 Å². The Bertz CT molecular complexity index is 1200. The molecular formula is C25H29F3N6O. The monoisotopic (exact) mass is 486 g/mol. The Morgan fingerprint density at radius 2 is 1.80 bits per heavy atom. The Kier molecular flexibility index (Phi) is 6.37. The minimum Gasteiger partial charge on any atom is -0.355 e. The Morgan fingerprint density at radius 3 is 2.51 bits per heavy atom. The molecule has 1 fully saturated rings. The first-order chi connectivity index (χ1) is 16.8. The van der Waals surface area contributed by atoms with Gasteiger partial charge < -0.3 is 9.80 Å². The molecule has 1 aromatic carbocycles. The third-order valence-electron chi connectivity index (χ3n) is 7.18. The first-order valence-corrected chi connectivity index (χ1v) is 12.3. The number of nitrogens with zero attached hydrogens (tertiary/aromatic N) is 6. The summed E-state index contributed by atoms with van der Waals surface area (Å²) in [4.78, 5) is 17.6. The van der Waals surface area contributed by atoms with Crippen LogP contribution < -0.4 is 4.90 Å². The van der Waals surface area contributed by atoms with Crippen LogP contribution in [-0.2, 0) is 23.8 Å². The Hall–Kier alpha value is -3.17. The van der Waals surface area contributed by atoms with E-state index in [0.717, 1.165) is 36.7 Å². The van der Waals surface area contributed by atoms with E-state index in [2.05, 4.69) is 51.4 Å². The van der Waals surface area contributed by atoms with Gasteiger partial charge >= 0.3 is 6.18 Å². The summed E-state index contributed by atoms with van der Waals surface area (Å²) in [7, 11) is 0. The SMILES string of the molecule is CCCN(C(=O)C1CCN(c2ccc3nnc(C(F)(F)F)n3n2)CC1)C1CCc2ccccc2C1. The summed E-state index contributed by atoms with van der Waals surface area (Å²) in [5.41, 5.74) is 2.77. The van der Waals surface area contributed by atoms with E-state index >= 15 is 0 Å². The van der Waals surface area contributed by atoms with Crippen molar-refractivity contribution in [1.82, 2.24) is 24.7 Å². The van der Waals surface area contributed by atoms with Gasteiger partial charge in [0, 0.05) is 31.6 Å². The highest BCUT2D eigenvalue weighted by Crippen LogP contribution is 2.30. The second-order valence-corrected chi connectivity index (χ2v) is 9.44. The van der Waals surface area contributed by atoms with Gasteiger partial charge in [-0.1, -0.05) is 31.2 Å². The summed E-state index contributed by atoms with van der Waals surface area (Å²) in [6, 6.07) is 11.8. The second-order valence-electron chi connectivity index (χ2n) is 9.44. The number of halogens is 3. The first-order valence-electron chi connectivity index (χ1n) is 12.3. The predicted molar refractivity (Wildman–Crippen MR) is 125 cm³/mol. The molecule has 1 aliphatic heterocycles. The Balaban J connectivity index is 1.26. The van der Waals surface area contributed by atoms with E-state index in [4.69, 9.17) is 0 Å². The van der Waals surface area contributed by atoms with Gasteiger partial charge in [0.2, 0.25) is 5.91 Å². The number of carbonyl (C=O) groups is 1. The molecule has 3 aromatic rings. The smallest absolute Gasteiger partial charge is 0.355 e. The fourth-order valence-electron chi connectivity index (χ4n) is 5.37. The zero-order valence-corrected chi connectivity index (χ0v) is 19.7. The second kappa shape index (κ2) is 9.47. The number of alkyl halides is 3. The van der Waals surface area contributed by atoms with E-state index in [9.17, 15) is 18.0 Å². The van der Waals surface area contributed by atoms with Crippen LogP contribution in [0.3, 0.4) is 0 Å². The molecule has 0 N–H and O–H groups in total. The number of amides is 1. The molecule has 0 saturated carbocycles. The molecular weight excluding hydrogens is 457 g/mol. The van der Waals surface area contributed by atoms with Crippen LogP contribution in [0.15, 0.2) is 36.4 Å². The van der Waals surface area contributed by atoms with Crippen LogP contribution in [0, 0.1) is 5.92 Å². The number of hydrogen-bond acceptors (Lipinski definition) is 5. The van der Waals surface area contributed by atoms with Crippen molar-refractivity contribution in [3.05, 3.63) is 53.3 Å². The molecule has 1 aliphatic carbocycles. The van der Waals surface area contributed by atoms with Gasteiger partial charge in [-0.3, -0.25) is 4.79 Å². The molecule has 1 unspecified atom stereocenters. The lowest BCUT2D eigenvalue weighted by Crippen LogP contribution is -2.49. The van der Waals surface area contributed by atoms with Crippen molar-refractivity contribution in [3.8, 4) is 0 Å². The lowest BCUT2D eigenvalue weighted by atomic mass is 9.86. The van der Waals surface area contributed by atoms with Gasteiger partial charge in [-0.05, 0) is 61.8 Å². The molecule has 2 aromatic heterocycles. The predicted octanol–water partition coefficient (Wildman–Crippen LogP) is 4.16. The zero-order valence-electron chi connectivity index (χ0n) is 19.7. The maximum absolute atomic E-state index is 13.6. The van der Waals surface area contributed by atoms with E-state index in [0.29, 0.717) is 31.7 Å². The summed E-state index contributed by atoms with van der Waals surface area (Å²) >= 11 is 0. The molecule has 3 heterocycles. The molecule has 2 aliphatic rings. The van der Waals surface area contributed by atoms with Crippen molar-refractivity contribution in [2.75, 3.05) is 24.5 Å². The fraction of sp³-hybridized carbons (Fsp3) is 0.520. The number of carbonyl (C=O) groups excluding carboxylic acids is 1. The average Bonchev–Trinajstić information content (AvgIpc) is 3.31. The minimum atomic E-state index is -4.63. The number of hydrogen-bond donors (Lipinski definition) is 0. The topological polar surface area (TPSA) is 66.6 Å². The van der Waals surface area contributed by atoms with Gasteiger partial charge in [-0.25, -0.2) is 0 Å². The summed E-state index contributed by atoms with van der Waals surface area (Å²) in [6.07, 6.45) is 0.438. The minimum absolute atomic E-state index is 0.0513. The van der Waals surface area contributed by atoms with Crippen molar-refractivity contribution >= 4 is 17.4 Å². The van der Waals surface area contributed by atoms with Crippen LogP contribution in [0.2, 0.25) is 0 Å². The van der Waals surface area contributed by atoms with Gasteiger partial charge in [0.25, 0.3) is 5.82 Å². The molecule has 0 radical (unpaired) electrons. The molecule has 1 saturated heterocycles. The van der Waals surface area contributed by atoms with Crippen LogP contribution in [0.5, 0.6) is 0 Å². The van der Waals surface area contributed by atoms with Gasteiger partial charge in [0.15, 0.2) is 5.65 Å². The highest BCUT2D eigenvalue weighted by atomic mass is 19.4. The van der Waals surface area contributed by atoms with E-state index in [-0.39, 0.29) is 23.5 Å². The van der Waals surface area contributed by atoms with Crippen molar-refractivity contribution < 1.29 is 18.0 Å². The van der Waals surface area contributed by atoms with Crippen LogP contribution in [0.1, 0.15) is 49.6 Å². The molecule has 1 amide bonds. The molecule has 35 heavy (non-hydrogen) atoms. The number of aryl methyl sites for hydroxylation is 1. The Morgan fingerprint density at radius 1 is 1.06 bits per heavy atom. The highest BCUT2D eigenvalue weighted by Gasteiger charge is 2.38. The summed E-state index contributed by atoms with van der Waals surface area (Å²) < 4.78 is 40.4. The van der Waals surface area contributed by atoms with Crippen LogP contribution in [0.4, 0.5) is 19.0 Å². The maximum Gasteiger partial charge on any atom is 0.453 e. The summed E-state index contributed by atoms with van der Waals surface area (Å²) in [6.45, 7) is 3.97. The van der Waals surface area contributed by atoms with Crippen LogP contribution >= 0.6 is 0 Å². The highest BCUT2D eigenvalue weighted by molar-refractivity contribution is 5.79. The number of rotatable bonds is 5. The normalized spacial score (nSPS) is 19.1. The largest absolute Gasteiger partial charge is 0.453 e. The first kappa shape index (κ1) is 23.6. The molecule has 5 rings (SSSR count). The molecule has 7 nitrogen and oxygen atoms in total. The number of aromatic nitrogens is 4. The van der Waals surface area contributed by atoms with E-state index in [1.54, 1.807) is 6.07 Å². The lowest BCUT2D eigenvalue weighted by Gasteiger charge is -2.39. The third kappa shape index (κ3) is 4.70. The Labute approximate surface area is 201 Å². The number of fused-ring (bicyclic) bond motifs is 2. The summed E-state index contributed by atoms with van der Waals surface area (Å²) in [5.74, 6) is -0.580. The van der Waals surface area contributed by atoms with Crippen LogP contribution in [0.25, 0.3) is 5.65 Å². The molecule has 10 heteroatoms. The van der Waals surface area contributed by atoms with Gasteiger partial charge in [-0.2, -0.15) is 17.7 Å². The fourth-order valence-corrected chi connectivity index (χ4v) is 5.37. The van der Waals surface area contributed by atoms with E-state index < -0.39 is 12.0 Å². The molecule has 0 bridgehead atoms. The lowest BCUT2D eigenvalue weighted by molar-refractivity contribution is -0.146. The van der Waals surface area contributed by atoms with Gasteiger partial charge in [-0.15, -0.1) is 15.3 Å². The third-order valence-corrected chi connectivity index (χ3v) is 7.18. The van der Waals surface area contributed by atoms with Crippen molar-refractivity contribution in [1.29, 1.82) is 0 Å². The quantitative estimate of drug-likeness (QED) is 0.542. The van der Waals surface area contributed by atoms with Gasteiger partial charge in [0.05, 0.1) is 0 Å².